The first-order valence-corrected chi connectivity index (χ1v) is 26.2. The number of benzene rings is 1. The lowest BCUT2D eigenvalue weighted by Crippen LogP contribution is -2.59. The van der Waals surface area contributed by atoms with Crippen molar-refractivity contribution in [3.8, 4) is 0 Å². The topological polar surface area (TPSA) is 183 Å². The van der Waals surface area contributed by atoms with E-state index in [9.17, 15) is 30.3 Å². The summed E-state index contributed by atoms with van der Waals surface area (Å²) < 4.78 is 45.5. The second-order valence-corrected chi connectivity index (χ2v) is 23.5. The average molecular weight is 945 g/mol. The minimum absolute atomic E-state index is 0.0224. The van der Waals surface area contributed by atoms with Crippen molar-refractivity contribution in [1.29, 1.82) is 0 Å². The number of esters is 1. The predicted octanol–water partition coefficient (Wildman–Crippen LogP) is 8.12. The Balaban J connectivity index is 0.937. The molecule has 6 fully saturated rings. The zero-order chi connectivity index (χ0) is 48.9. The molecule has 382 valence electrons. The number of hydrogen-bond donors (Lipinski definition) is 5. The zero-order valence-electron chi connectivity index (χ0n) is 42.7. The molecule has 0 bridgehead atoms. The van der Waals surface area contributed by atoms with Crippen LogP contribution in [-0.2, 0) is 44.6 Å². The van der Waals surface area contributed by atoms with E-state index in [1.165, 1.54) is 0 Å². The van der Waals surface area contributed by atoms with Gasteiger partial charge in [0.25, 0.3) is 0 Å². The largest absolute Gasteiger partial charge is 0.461 e. The summed E-state index contributed by atoms with van der Waals surface area (Å²) in [6.45, 7) is 22.0. The highest BCUT2D eigenvalue weighted by atomic mass is 16.7. The highest BCUT2D eigenvalue weighted by Gasteiger charge is 2.66. The van der Waals surface area contributed by atoms with Crippen molar-refractivity contribution >= 4 is 5.97 Å². The molecule has 13 nitrogen and oxygen atoms in total. The number of carbonyl (C=O) groups is 1. The summed E-state index contributed by atoms with van der Waals surface area (Å²) in [5.41, 5.74) is -1.79. The first-order chi connectivity index (χ1) is 31.3. The van der Waals surface area contributed by atoms with Gasteiger partial charge in [0.1, 0.15) is 12.2 Å². The summed E-state index contributed by atoms with van der Waals surface area (Å²) >= 11 is 0. The van der Waals surface area contributed by atoms with Gasteiger partial charge in [-0.15, -0.1) is 0 Å². The number of aliphatic hydroxyl groups is 5. The summed E-state index contributed by atoms with van der Waals surface area (Å²) in [7, 11) is 0. The van der Waals surface area contributed by atoms with Gasteiger partial charge in [-0.05, 0) is 122 Å². The SMILES string of the molecule is CC[C@@H]1O[C@@H]([C@]2(C)C[C@@H](C)[C@](O)([C@]3(C)CC[C@@H](C[C@]4(O)O[C@H](C[C@@]5(O)O[C@@H]([C@@H](C)[C@H](O)C[C@H]6CC[C@H](C)[C@@H]([C@@H](C)C(=O)OCc7ccccc7)O6)CC[C@@H]5C)[C@@H](C)C[C@H]4C)O3)O2)CC[C@@]1(C)O. The molecule has 7 rings (SSSR count). The molecular weight excluding hydrogens is 857 g/mol. The lowest BCUT2D eigenvalue weighted by molar-refractivity contribution is -0.352. The van der Waals surface area contributed by atoms with Gasteiger partial charge in [-0.25, -0.2) is 0 Å². The van der Waals surface area contributed by atoms with Crippen molar-refractivity contribution in [1.82, 2.24) is 0 Å². The minimum atomic E-state index is -1.60. The van der Waals surface area contributed by atoms with Gasteiger partial charge in [0.15, 0.2) is 17.4 Å². The van der Waals surface area contributed by atoms with Crippen LogP contribution in [0.1, 0.15) is 172 Å². The van der Waals surface area contributed by atoms with E-state index in [0.29, 0.717) is 64.2 Å². The van der Waals surface area contributed by atoms with Gasteiger partial charge in [0.05, 0.1) is 66.0 Å². The first-order valence-electron chi connectivity index (χ1n) is 26.2. The Labute approximate surface area is 401 Å². The number of rotatable bonds is 15. The van der Waals surface area contributed by atoms with Gasteiger partial charge < -0.3 is 58.7 Å². The third-order valence-corrected chi connectivity index (χ3v) is 18.0. The summed E-state index contributed by atoms with van der Waals surface area (Å²) in [6.07, 6.45) is 4.80. The monoisotopic (exact) mass is 945 g/mol. The Bertz CT molecular complexity index is 1800. The van der Waals surface area contributed by atoms with E-state index < -0.39 is 64.5 Å². The van der Waals surface area contributed by atoms with E-state index in [0.717, 1.165) is 18.4 Å². The summed E-state index contributed by atoms with van der Waals surface area (Å²) in [4.78, 5) is 13.1. The van der Waals surface area contributed by atoms with Gasteiger partial charge in [0.2, 0.25) is 0 Å². The Morgan fingerprint density at radius 1 is 0.776 bits per heavy atom. The third kappa shape index (κ3) is 11.0. The quantitative estimate of drug-likeness (QED) is 0.106. The fourth-order valence-electron chi connectivity index (χ4n) is 13.1. The Kier molecular flexibility index (Phi) is 16.2. The fourth-order valence-corrected chi connectivity index (χ4v) is 13.1. The lowest BCUT2D eigenvalue weighted by atomic mass is 9.76. The van der Waals surface area contributed by atoms with E-state index in [-0.39, 0.29) is 85.3 Å². The maximum absolute atomic E-state index is 13.1. The van der Waals surface area contributed by atoms with Crippen LogP contribution in [-0.4, -0.2) is 114 Å². The van der Waals surface area contributed by atoms with Gasteiger partial charge >= 0.3 is 5.97 Å². The van der Waals surface area contributed by atoms with Crippen LogP contribution in [0.25, 0.3) is 0 Å². The summed E-state index contributed by atoms with van der Waals surface area (Å²) in [5.74, 6) is -6.23. The van der Waals surface area contributed by atoms with Crippen molar-refractivity contribution in [3.63, 3.8) is 0 Å². The molecule has 6 saturated heterocycles. The lowest BCUT2D eigenvalue weighted by Gasteiger charge is -2.51. The number of aliphatic hydroxyl groups excluding tert-OH is 1. The Hall–Kier alpha value is -1.75. The molecule has 0 radical (unpaired) electrons. The first kappa shape index (κ1) is 53.1. The predicted molar refractivity (Wildman–Crippen MR) is 252 cm³/mol. The van der Waals surface area contributed by atoms with E-state index in [2.05, 4.69) is 13.8 Å². The molecule has 67 heavy (non-hydrogen) atoms. The van der Waals surface area contributed by atoms with Crippen LogP contribution in [0.2, 0.25) is 0 Å². The van der Waals surface area contributed by atoms with E-state index in [4.69, 9.17) is 33.2 Å². The standard InChI is InChI=1S/C54H88O13/c1-12-45-49(9,57)24-23-46(63-45)50(10)28-36(6)54(60,67-50)51(11)25-22-41(64-51)29-52(58)35(5)26-33(3)44(66-52)30-53(59)34(4)19-21-43(65-53)37(7)42(55)27-40-20-18-32(2)47(62-40)38(8)48(56)61-31-39-16-14-13-15-17-39/h13-17,32-38,40-47,55,57-60H,12,18-31H2,1-11H3/t32-,33-,34-,35+,36+,37-,38+,40+,41-,42+,43+,44+,45-,46+,47-,49+,50-,51-,52-,53+,54+/m0/s1. The van der Waals surface area contributed by atoms with E-state index >= 15 is 0 Å². The van der Waals surface area contributed by atoms with Crippen LogP contribution in [0.5, 0.6) is 0 Å². The molecule has 6 aliphatic rings. The molecule has 0 aliphatic carbocycles. The van der Waals surface area contributed by atoms with Crippen molar-refractivity contribution in [2.24, 2.45) is 41.4 Å². The molecule has 6 heterocycles. The third-order valence-electron chi connectivity index (χ3n) is 18.0. The van der Waals surface area contributed by atoms with Crippen molar-refractivity contribution in [2.45, 2.75) is 256 Å². The highest BCUT2D eigenvalue weighted by molar-refractivity contribution is 5.72. The molecule has 0 spiro atoms. The molecule has 13 heteroatoms. The molecule has 0 aromatic heterocycles. The molecule has 5 N–H and O–H groups in total. The molecule has 6 aliphatic heterocycles. The van der Waals surface area contributed by atoms with Crippen LogP contribution >= 0.6 is 0 Å². The van der Waals surface area contributed by atoms with Crippen LogP contribution < -0.4 is 0 Å². The second-order valence-electron chi connectivity index (χ2n) is 23.5. The van der Waals surface area contributed by atoms with Gasteiger partial charge in [-0.1, -0.05) is 78.8 Å². The second kappa shape index (κ2) is 20.4. The van der Waals surface area contributed by atoms with Crippen molar-refractivity contribution in [2.75, 3.05) is 0 Å². The van der Waals surface area contributed by atoms with Crippen LogP contribution in [0.15, 0.2) is 30.3 Å². The fraction of sp³-hybridized carbons (Fsp3) is 0.870. The minimum Gasteiger partial charge on any atom is -0.461 e. The number of ether oxygens (including phenoxy) is 7. The van der Waals surface area contributed by atoms with E-state index in [1.807, 2.05) is 92.6 Å². The molecule has 1 aromatic carbocycles. The molecule has 1 aromatic rings. The van der Waals surface area contributed by atoms with Crippen molar-refractivity contribution < 1.29 is 63.5 Å². The molecule has 0 amide bonds. The molecule has 0 saturated carbocycles. The Morgan fingerprint density at radius 3 is 2.18 bits per heavy atom. The zero-order valence-corrected chi connectivity index (χ0v) is 42.7. The number of carbonyl (C=O) groups excluding carboxylic acids is 1. The van der Waals surface area contributed by atoms with Crippen LogP contribution in [0.3, 0.4) is 0 Å². The maximum Gasteiger partial charge on any atom is 0.311 e. The van der Waals surface area contributed by atoms with Gasteiger partial charge in [-0.3, -0.25) is 4.79 Å². The Morgan fingerprint density at radius 2 is 1.48 bits per heavy atom. The smallest absolute Gasteiger partial charge is 0.311 e. The van der Waals surface area contributed by atoms with Crippen molar-refractivity contribution in [3.05, 3.63) is 35.9 Å². The maximum atomic E-state index is 13.1. The van der Waals surface area contributed by atoms with Crippen LogP contribution in [0, 0.1) is 41.4 Å². The molecule has 0 unspecified atom stereocenters. The van der Waals surface area contributed by atoms with Crippen LogP contribution in [0.4, 0.5) is 0 Å². The van der Waals surface area contributed by atoms with Gasteiger partial charge in [0, 0.05) is 36.5 Å². The summed E-state index contributed by atoms with van der Waals surface area (Å²) in [6, 6.07) is 9.63. The molecular formula is C54H88O13. The highest BCUT2D eigenvalue weighted by Crippen LogP contribution is 2.56. The number of hydrogen-bond acceptors (Lipinski definition) is 13. The average Bonchev–Trinajstić information content (AvgIpc) is 3.78. The molecule has 21 atom stereocenters. The normalized spacial score (nSPS) is 47.6. The summed E-state index contributed by atoms with van der Waals surface area (Å²) in [5, 5.41) is 59.8. The van der Waals surface area contributed by atoms with E-state index in [1.54, 1.807) is 0 Å². The van der Waals surface area contributed by atoms with Gasteiger partial charge in [-0.2, -0.15) is 0 Å².